The lowest BCUT2D eigenvalue weighted by molar-refractivity contribution is -0.119. The number of ether oxygens (including phenoxy) is 2. The normalized spacial score (nSPS) is 11.4. The van der Waals surface area contributed by atoms with Crippen LogP contribution in [0.4, 0.5) is 16.3 Å². The summed E-state index contributed by atoms with van der Waals surface area (Å²) in [6, 6.07) is 24.3. The van der Waals surface area contributed by atoms with Crippen molar-refractivity contribution in [2.75, 3.05) is 24.4 Å². The number of nitrogens with one attached hydrogen (secondary N) is 2. The van der Waals surface area contributed by atoms with Gasteiger partial charge in [0.25, 0.3) is 0 Å². The molecule has 44 heavy (non-hydrogen) atoms. The molecule has 0 saturated heterocycles. The summed E-state index contributed by atoms with van der Waals surface area (Å²) in [6.45, 7) is 8.67. The highest BCUT2D eigenvalue weighted by molar-refractivity contribution is 6.07. The quantitative estimate of drug-likeness (QED) is 0.173. The first-order chi connectivity index (χ1) is 21.1. The van der Waals surface area contributed by atoms with E-state index in [1.165, 1.54) is 0 Å². The van der Waals surface area contributed by atoms with Gasteiger partial charge in [-0.3, -0.25) is 15.1 Å². The maximum atomic E-state index is 13.4. The Morgan fingerprint density at radius 2 is 1.66 bits per heavy atom. The Kier molecular flexibility index (Phi) is 9.06. The van der Waals surface area contributed by atoms with Crippen LogP contribution in [0, 0.1) is 6.92 Å². The van der Waals surface area contributed by atoms with Crippen molar-refractivity contribution < 1.29 is 19.1 Å². The first kappa shape index (κ1) is 30.4. The molecule has 2 N–H and O–H groups in total. The van der Waals surface area contributed by atoms with E-state index in [0.29, 0.717) is 41.7 Å². The molecule has 2 aromatic heterocycles. The molecule has 226 valence electrons. The maximum absolute atomic E-state index is 13.4. The Hall–Kier alpha value is -5.02. The Bertz CT molecular complexity index is 1790. The van der Waals surface area contributed by atoms with E-state index >= 15 is 0 Å². The monoisotopic (exact) mass is 591 g/mol. The number of carbonyl (C=O) groups excluding carboxylic acids is 2. The van der Waals surface area contributed by atoms with Crippen LogP contribution in [0.5, 0.6) is 11.5 Å². The summed E-state index contributed by atoms with van der Waals surface area (Å²) in [5.41, 5.74) is 3.90. The second kappa shape index (κ2) is 13.1. The molecule has 5 rings (SSSR count). The topological polar surface area (TPSA) is 107 Å². The molecule has 2 heterocycles. The van der Waals surface area contributed by atoms with E-state index in [1.54, 1.807) is 30.1 Å². The maximum Gasteiger partial charge on any atom is 0.324 e. The highest BCUT2D eigenvalue weighted by atomic mass is 16.5. The number of anilines is 2. The summed E-state index contributed by atoms with van der Waals surface area (Å²) in [5, 5.41) is 12.4. The smallest absolute Gasteiger partial charge is 0.324 e. The minimum Gasteiger partial charge on any atom is -0.457 e. The van der Waals surface area contributed by atoms with E-state index in [2.05, 4.69) is 36.4 Å². The van der Waals surface area contributed by atoms with Gasteiger partial charge in [0.05, 0.1) is 29.4 Å². The van der Waals surface area contributed by atoms with Crippen molar-refractivity contribution in [3.63, 3.8) is 0 Å². The number of hydrogen-bond acceptors (Lipinski definition) is 6. The number of aryl methyl sites for hydroxylation is 1. The SMILES string of the molecule is COCCC(=O)Cc1cc(Oc2ccc(NC(=O)Nc3cc(C(C)(C)C)nn3-c3ccc(C)cc3)c3ccccc23)ccn1. The van der Waals surface area contributed by atoms with Crippen LogP contribution in [-0.2, 0) is 21.4 Å². The van der Waals surface area contributed by atoms with Crippen molar-refractivity contribution in [3.05, 3.63) is 102 Å². The number of ketones is 1. The van der Waals surface area contributed by atoms with Crippen LogP contribution in [-0.4, -0.2) is 40.3 Å². The zero-order valence-corrected chi connectivity index (χ0v) is 25.7. The lowest BCUT2D eigenvalue weighted by atomic mass is 9.92. The lowest BCUT2D eigenvalue weighted by Crippen LogP contribution is -2.21. The van der Waals surface area contributed by atoms with Gasteiger partial charge in [0.1, 0.15) is 23.1 Å². The van der Waals surface area contributed by atoms with Crippen LogP contribution in [0.25, 0.3) is 16.5 Å². The molecular weight excluding hydrogens is 554 g/mol. The summed E-state index contributed by atoms with van der Waals surface area (Å²) >= 11 is 0. The molecular formula is C35H37N5O4. The van der Waals surface area contributed by atoms with Crippen LogP contribution in [0.3, 0.4) is 0 Å². The van der Waals surface area contributed by atoms with Crippen LogP contribution in [0.1, 0.15) is 44.1 Å². The number of Topliss-reactive ketones (excluding diaryl/α,β-unsaturated/α-hetero) is 1. The number of amides is 2. The van der Waals surface area contributed by atoms with Crippen molar-refractivity contribution in [3.8, 4) is 17.2 Å². The summed E-state index contributed by atoms with van der Waals surface area (Å²) < 4.78 is 13.0. The average Bonchev–Trinajstić information content (AvgIpc) is 3.42. The first-order valence-electron chi connectivity index (χ1n) is 14.5. The van der Waals surface area contributed by atoms with Crippen LogP contribution in [0.2, 0.25) is 0 Å². The minimum atomic E-state index is -0.394. The molecule has 0 spiro atoms. The predicted octanol–water partition coefficient (Wildman–Crippen LogP) is 7.61. The molecule has 9 heteroatoms. The highest BCUT2D eigenvalue weighted by Gasteiger charge is 2.22. The zero-order valence-electron chi connectivity index (χ0n) is 25.7. The summed E-state index contributed by atoms with van der Waals surface area (Å²) in [5.74, 6) is 1.79. The third kappa shape index (κ3) is 7.30. The zero-order chi connectivity index (χ0) is 31.3. The van der Waals surface area contributed by atoms with Gasteiger partial charge in [-0.15, -0.1) is 0 Å². The number of fused-ring (bicyclic) bond motifs is 1. The number of hydrogen-bond donors (Lipinski definition) is 2. The van der Waals surface area contributed by atoms with E-state index in [1.807, 2.05) is 73.7 Å². The van der Waals surface area contributed by atoms with Crippen LogP contribution in [0.15, 0.2) is 85.1 Å². The number of methoxy groups -OCH3 is 1. The Morgan fingerprint density at radius 1 is 0.909 bits per heavy atom. The molecule has 2 amide bonds. The van der Waals surface area contributed by atoms with Gasteiger partial charge in [-0.05, 0) is 37.3 Å². The number of aromatic nitrogens is 3. The largest absolute Gasteiger partial charge is 0.457 e. The van der Waals surface area contributed by atoms with Gasteiger partial charge in [-0.1, -0.05) is 62.7 Å². The van der Waals surface area contributed by atoms with E-state index in [9.17, 15) is 9.59 Å². The number of nitrogens with zero attached hydrogens (tertiary/aromatic N) is 3. The second-order valence-corrected chi connectivity index (χ2v) is 11.7. The molecule has 0 aliphatic heterocycles. The third-order valence-corrected chi connectivity index (χ3v) is 7.11. The van der Waals surface area contributed by atoms with Gasteiger partial charge >= 0.3 is 6.03 Å². The second-order valence-electron chi connectivity index (χ2n) is 11.7. The lowest BCUT2D eigenvalue weighted by Gasteiger charge is -2.14. The summed E-state index contributed by atoms with van der Waals surface area (Å²) in [4.78, 5) is 29.9. The fourth-order valence-electron chi connectivity index (χ4n) is 4.71. The van der Waals surface area contributed by atoms with Crippen LogP contribution < -0.4 is 15.4 Å². The standard InChI is InChI=1S/C35H37N5O4/c1-23-10-12-25(13-11-23)40-33(22-32(39-40)35(2,3)4)38-34(42)37-30-14-15-31(29-9-7-6-8-28(29)30)44-27-16-18-36-24(21-27)20-26(41)17-19-43-5/h6-16,18,21-22H,17,19-20H2,1-5H3,(H2,37,38,42). The summed E-state index contributed by atoms with van der Waals surface area (Å²) in [6.07, 6.45) is 2.17. The Morgan fingerprint density at radius 3 is 2.39 bits per heavy atom. The number of rotatable bonds is 10. The molecule has 0 bridgehead atoms. The van der Waals surface area contributed by atoms with Gasteiger partial charge in [0.15, 0.2) is 0 Å². The van der Waals surface area contributed by atoms with Gasteiger partial charge < -0.3 is 14.8 Å². The van der Waals surface area contributed by atoms with Crippen LogP contribution >= 0.6 is 0 Å². The van der Waals surface area contributed by atoms with Gasteiger partial charge in [0.2, 0.25) is 0 Å². The van der Waals surface area contributed by atoms with Crippen molar-refractivity contribution in [1.82, 2.24) is 14.8 Å². The first-order valence-corrected chi connectivity index (χ1v) is 14.5. The van der Waals surface area contributed by atoms with Gasteiger partial charge in [0, 0.05) is 54.5 Å². The van der Waals surface area contributed by atoms with Gasteiger partial charge in [-0.2, -0.15) is 5.10 Å². The molecule has 0 unspecified atom stereocenters. The third-order valence-electron chi connectivity index (χ3n) is 7.11. The van der Waals surface area contributed by atoms with E-state index in [4.69, 9.17) is 14.6 Å². The Balaban J connectivity index is 1.36. The molecule has 0 radical (unpaired) electrons. The fraction of sp³-hybridized carbons (Fsp3) is 0.257. The fourth-order valence-corrected chi connectivity index (χ4v) is 4.71. The molecule has 5 aromatic rings. The Labute approximate surface area is 257 Å². The predicted molar refractivity (Wildman–Crippen MR) is 173 cm³/mol. The molecule has 0 atom stereocenters. The number of benzene rings is 3. The van der Waals surface area contributed by atoms with Gasteiger partial charge in [-0.25, -0.2) is 9.48 Å². The number of pyridine rings is 1. The van der Waals surface area contributed by atoms with Crippen molar-refractivity contribution in [2.45, 2.75) is 46.0 Å². The molecule has 9 nitrogen and oxygen atoms in total. The van der Waals surface area contributed by atoms with Crippen molar-refractivity contribution in [2.24, 2.45) is 0 Å². The molecule has 0 saturated carbocycles. The number of urea groups is 1. The molecule has 0 fully saturated rings. The number of carbonyl (C=O) groups is 2. The average molecular weight is 592 g/mol. The van der Waals surface area contributed by atoms with E-state index < -0.39 is 6.03 Å². The van der Waals surface area contributed by atoms with Crippen molar-refractivity contribution in [1.29, 1.82) is 0 Å². The highest BCUT2D eigenvalue weighted by Crippen LogP contribution is 2.35. The van der Waals surface area contributed by atoms with E-state index in [-0.39, 0.29) is 17.6 Å². The minimum absolute atomic E-state index is 0.0483. The molecule has 0 aliphatic carbocycles. The van der Waals surface area contributed by atoms with Crippen molar-refractivity contribution >= 4 is 34.1 Å². The molecule has 3 aromatic carbocycles. The molecule has 0 aliphatic rings. The van der Waals surface area contributed by atoms with E-state index in [0.717, 1.165) is 27.7 Å². The summed E-state index contributed by atoms with van der Waals surface area (Å²) in [7, 11) is 1.57.